The zero-order chi connectivity index (χ0) is 15.2. The van der Waals surface area contributed by atoms with Gasteiger partial charge in [0.25, 0.3) is 0 Å². The molecular weight excluding hydrogens is 264 g/mol. The second-order valence-electron chi connectivity index (χ2n) is 6.23. The highest BCUT2D eigenvalue weighted by atomic mass is 16.4. The van der Waals surface area contributed by atoms with Crippen molar-refractivity contribution in [3.63, 3.8) is 0 Å². The summed E-state index contributed by atoms with van der Waals surface area (Å²) in [6, 6.07) is 3.28. The molecule has 1 saturated carbocycles. The molecule has 0 spiro atoms. The summed E-state index contributed by atoms with van der Waals surface area (Å²) < 4.78 is 0. The van der Waals surface area contributed by atoms with Crippen LogP contribution < -0.4 is 5.32 Å². The van der Waals surface area contributed by atoms with Gasteiger partial charge < -0.3 is 10.4 Å². The SMILES string of the molecule is CCc1cc(C(=O)O)cc(NCCC2CCC(C)CC2)n1. The summed E-state index contributed by atoms with van der Waals surface area (Å²) in [5.41, 5.74) is 1.14. The second-order valence-corrected chi connectivity index (χ2v) is 6.23. The Morgan fingerprint density at radius 2 is 2.05 bits per heavy atom. The summed E-state index contributed by atoms with van der Waals surface area (Å²) >= 11 is 0. The third-order valence-electron chi connectivity index (χ3n) is 4.48. The first-order valence-electron chi connectivity index (χ1n) is 8.06. The van der Waals surface area contributed by atoms with E-state index in [-0.39, 0.29) is 0 Å². The Morgan fingerprint density at radius 1 is 1.33 bits per heavy atom. The molecule has 0 amide bonds. The normalized spacial score (nSPS) is 22.0. The summed E-state index contributed by atoms with van der Waals surface area (Å²) in [5.74, 6) is 1.49. The minimum atomic E-state index is -0.892. The quantitative estimate of drug-likeness (QED) is 0.832. The molecule has 2 rings (SSSR count). The fourth-order valence-corrected chi connectivity index (χ4v) is 3.01. The fourth-order valence-electron chi connectivity index (χ4n) is 3.01. The molecule has 0 atom stereocenters. The van der Waals surface area contributed by atoms with Gasteiger partial charge in [0.2, 0.25) is 0 Å². The van der Waals surface area contributed by atoms with Crippen molar-refractivity contribution >= 4 is 11.8 Å². The van der Waals surface area contributed by atoms with Crippen LogP contribution in [-0.4, -0.2) is 22.6 Å². The van der Waals surface area contributed by atoms with Crippen LogP contribution in [0.5, 0.6) is 0 Å². The van der Waals surface area contributed by atoms with Crippen LogP contribution >= 0.6 is 0 Å². The van der Waals surface area contributed by atoms with Gasteiger partial charge in [0.05, 0.1) is 5.56 Å². The Bertz CT molecular complexity index is 480. The van der Waals surface area contributed by atoms with Crippen molar-refractivity contribution in [2.45, 2.75) is 52.4 Å². The number of carboxylic acid groups (broad SMARTS) is 1. The number of aromatic nitrogens is 1. The molecule has 4 nitrogen and oxygen atoms in total. The number of aromatic carboxylic acids is 1. The number of hydrogen-bond donors (Lipinski definition) is 2. The predicted molar refractivity (Wildman–Crippen MR) is 84.8 cm³/mol. The minimum absolute atomic E-state index is 0.316. The summed E-state index contributed by atoms with van der Waals surface area (Å²) in [6.45, 7) is 5.20. The molecule has 116 valence electrons. The van der Waals surface area contributed by atoms with E-state index in [1.165, 1.54) is 25.7 Å². The lowest BCUT2D eigenvalue weighted by Crippen LogP contribution is -2.16. The first kappa shape index (κ1) is 15.8. The number of nitrogens with zero attached hydrogens (tertiary/aromatic N) is 1. The van der Waals surface area contributed by atoms with Crippen LogP contribution in [0.15, 0.2) is 12.1 Å². The summed E-state index contributed by atoms with van der Waals surface area (Å²) in [6.07, 6.45) is 7.23. The van der Waals surface area contributed by atoms with Gasteiger partial charge in [-0.3, -0.25) is 0 Å². The summed E-state index contributed by atoms with van der Waals surface area (Å²) in [4.78, 5) is 15.6. The number of carbonyl (C=O) groups is 1. The molecule has 1 heterocycles. The number of anilines is 1. The van der Waals surface area contributed by atoms with Crippen molar-refractivity contribution in [3.8, 4) is 0 Å². The van der Waals surface area contributed by atoms with Crippen molar-refractivity contribution in [1.29, 1.82) is 0 Å². The Morgan fingerprint density at radius 3 is 2.67 bits per heavy atom. The molecule has 1 aliphatic rings. The highest BCUT2D eigenvalue weighted by Crippen LogP contribution is 2.30. The molecule has 0 radical (unpaired) electrons. The van der Waals surface area contributed by atoms with E-state index in [1.54, 1.807) is 12.1 Å². The summed E-state index contributed by atoms with van der Waals surface area (Å²) in [7, 11) is 0. The monoisotopic (exact) mass is 290 g/mol. The van der Waals surface area contributed by atoms with Crippen LogP contribution in [0, 0.1) is 11.8 Å². The van der Waals surface area contributed by atoms with Gasteiger partial charge in [0.15, 0.2) is 0 Å². The minimum Gasteiger partial charge on any atom is -0.478 e. The maximum absolute atomic E-state index is 11.1. The maximum atomic E-state index is 11.1. The topological polar surface area (TPSA) is 62.2 Å². The standard InChI is InChI=1S/C17H26N2O2/c1-3-15-10-14(17(20)21)11-16(19-15)18-9-8-13-6-4-12(2)5-7-13/h10-13H,3-9H2,1-2H3,(H,18,19)(H,20,21). The third kappa shape index (κ3) is 4.73. The van der Waals surface area contributed by atoms with Crippen LogP contribution in [-0.2, 0) is 6.42 Å². The van der Waals surface area contributed by atoms with E-state index in [4.69, 9.17) is 5.11 Å². The Kier molecular flexibility index (Phi) is 5.59. The van der Waals surface area contributed by atoms with Gasteiger partial charge in [-0.2, -0.15) is 0 Å². The van der Waals surface area contributed by atoms with Crippen LogP contribution in [0.2, 0.25) is 0 Å². The van der Waals surface area contributed by atoms with Gasteiger partial charge in [-0.25, -0.2) is 9.78 Å². The molecule has 0 aromatic carbocycles. The molecule has 0 unspecified atom stereocenters. The highest BCUT2D eigenvalue weighted by molar-refractivity contribution is 5.88. The zero-order valence-electron chi connectivity index (χ0n) is 13.1. The lowest BCUT2D eigenvalue weighted by molar-refractivity contribution is 0.0696. The van der Waals surface area contributed by atoms with Crippen molar-refractivity contribution in [2.75, 3.05) is 11.9 Å². The van der Waals surface area contributed by atoms with Gasteiger partial charge in [0.1, 0.15) is 5.82 Å². The molecule has 21 heavy (non-hydrogen) atoms. The number of pyridine rings is 1. The van der Waals surface area contributed by atoms with Gasteiger partial charge in [-0.1, -0.05) is 39.5 Å². The van der Waals surface area contributed by atoms with Gasteiger partial charge >= 0.3 is 5.97 Å². The number of nitrogens with one attached hydrogen (secondary N) is 1. The maximum Gasteiger partial charge on any atom is 0.335 e. The molecule has 1 aromatic rings. The number of hydrogen-bond acceptors (Lipinski definition) is 3. The molecular formula is C17H26N2O2. The van der Waals surface area contributed by atoms with E-state index in [9.17, 15) is 4.79 Å². The number of carboxylic acids is 1. The van der Waals surface area contributed by atoms with E-state index >= 15 is 0 Å². The van der Waals surface area contributed by atoms with Crippen LogP contribution in [0.3, 0.4) is 0 Å². The molecule has 2 N–H and O–H groups in total. The number of rotatable bonds is 6. The van der Waals surface area contributed by atoms with E-state index in [2.05, 4.69) is 17.2 Å². The lowest BCUT2D eigenvalue weighted by atomic mass is 9.81. The highest BCUT2D eigenvalue weighted by Gasteiger charge is 2.17. The first-order valence-corrected chi connectivity index (χ1v) is 8.06. The van der Waals surface area contributed by atoms with Gasteiger partial charge in [-0.15, -0.1) is 0 Å². The fraction of sp³-hybridized carbons (Fsp3) is 0.647. The molecule has 0 saturated heterocycles. The van der Waals surface area contributed by atoms with E-state index in [0.717, 1.165) is 36.9 Å². The van der Waals surface area contributed by atoms with Crippen LogP contribution in [0.25, 0.3) is 0 Å². The molecule has 0 aliphatic heterocycles. The smallest absolute Gasteiger partial charge is 0.335 e. The van der Waals surface area contributed by atoms with Gasteiger partial charge in [-0.05, 0) is 36.8 Å². The molecule has 0 bridgehead atoms. The first-order chi connectivity index (χ1) is 10.1. The van der Waals surface area contributed by atoms with Crippen LogP contribution in [0.4, 0.5) is 5.82 Å². The average Bonchev–Trinajstić information content (AvgIpc) is 2.49. The zero-order valence-corrected chi connectivity index (χ0v) is 13.1. The molecule has 1 aromatic heterocycles. The predicted octanol–water partition coefficient (Wildman–Crippen LogP) is 3.97. The Balaban J connectivity index is 1.87. The number of aryl methyl sites for hydroxylation is 1. The molecule has 4 heteroatoms. The van der Waals surface area contributed by atoms with E-state index < -0.39 is 5.97 Å². The van der Waals surface area contributed by atoms with Crippen LogP contribution in [0.1, 0.15) is 62.0 Å². The summed E-state index contributed by atoms with van der Waals surface area (Å²) in [5, 5.41) is 12.4. The average molecular weight is 290 g/mol. The Labute approximate surface area is 127 Å². The van der Waals surface area contributed by atoms with Crippen molar-refractivity contribution in [3.05, 3.63) is 23.4 Å². The van der Waals surface area contributed by atoms with E-state index in [1.807, 2.05) is 6.92 Å². The second kappa shape index (κ2) is 7.43. The Hall–Kier alpha value is -1.58. The van der Waals surface area contributed by atoms with Crippen molar-refractivity contribution in [1.82, 2.24) is 4.98 Å². The lowest BCUT2D eigenvalue weighted by Gasteiger charge is -2.26. The molecule has 1 aliphatic carbocycles. The van der Waals surface area contributed by atoms with Crippen molar-refractivity contribution < 1.29 is 9.90 Å². The van der Waals surface area contributed by atoms with E-state index in [0.29, 0.717) is 11.4 Å². The van der Waals surface area contributed by atoms with Gasteiger partial charge in [0, 0.05) is 12.2 Å². The van der Waals surface area contributed by atoms with Crippen molar-refractivity contribution in [2.24, 2.45) is 11.8 Å². The largest absolute Gasteiger partial charge is 0.478 e. The third-order valence-corrected chi connectivity index (χ3v) is 4.48. The molecule has 1 fully saturated rings.